The Balaban J connectivity index is 0.000000336. The standard InChI is InChI=1S/C5H7N3O2.C3H6O2/c1-10-5(9)7-8-4-2-3-6-8;1-2-5-3-4/h2-4H,1H3,(H,7,9);3H,2H2,1H3. The van der Waals surface area contributed by atoms with Gasteiger partial charge in [-0.05, 0) is 13.0 Å². The molecule has 1 N–H and O–H groups in total. The first-order valence-corrected chi connectivity index (χ1v) is 4.14. The van der Waals surface area contributed by atoms with E-state index in [-0.39, 0.29) is 0 Å². The third-order valence-corrected chi connectivity index (χ3v) is 1.13. The van der Waals surface area contributed by atoms with Crippen molar-refractivity contribution in [3.63, 3.8) is 0 Å². The molecular weight excluding hydrogens is 202 g/mol. The number of rotatable bonds is 3. The first kappa shape index (κ1) is 12.9. The highest BCUT2D eigenvalue weighted by atomic mass is 16.5. The van der Waals surface area contributed by atoms with E-state index in [1.54, 1.807) is 25.4 Å². The van der Waals surface area contributed by atoms with Crippen molar-refractivity contribution in [1.29, 1.82) is 0 Å². The highest BCUT2D eigenvalue weighted by Crippen LogP contribution is 1.79. The predicted molar refractivity (Wildman–Crippen MR) is 51.7 cm³/mol. The highest BCUT2D eigenvalue weighted by Gasteiger charge is 1.96. The number of nitrogens with one attached hydrogen (secondary N) is 1. The lowest BCUT2D eigenvalue weighted by Gasteiger charge is -2.00. The van der Waals surface area contributed by atoms with Gasteiger partial charge in [0.2, 0.25) is 0 Å². The minimum Gasteiger partial charge on any atom is -0.468 e. The van der Waals surface area contributed by atoms with E-state index in [1.807, 2.05) is 0 Å². The second kappa shape index (κ2) is 8.54. The molecular formula is C8H13N3O4. The van der Waals surface area contributed by atoms with Gasteiger partial charge < -0.3 is 9.47 Å². The molecule has 1 aromatic heterocycles. The lowest BCUT2D eigenvalue weighted by atomic mass is 10.8. The Kier molecular flexibility index (Phi) is 7.38. The molecule has 0 fully saturated rings. The SMILES string of the molecule is CCOC=O.COC(=O)Nn1cccn1. The Morgan fingerprint density at radius 3 is 2.73 bits per heavy atom. The molecule has 1 rings (SSSR count). The van der Waals surface area contributed by atoms with Crippen LogP contribution in [-0.2, 0) is 14.3 Å². The van der Waals surface area contributed by atoms with Crippen molar-refractivity contribution in [2.45, 2.75) is 6.92 Å². The Morgan fingerprint density at radius 2 is 2.40 bits per heavy atom. The molecule has 0 aliphatic heterocycles. The van der Waals surface area contributed by atoms with E-state index in [2.05, 4.69) is 20.0 Å². The molecule has 0 bridgehead atoms. The smallest absolute Gasteiger partial charge is 0.427 e. The second-order valence-corrected chi connectivity index (χ2v) is 2.11. The molecule has 84 valence electrons. The van der Waals surface area contributed by atoms with Crippen molar-refractivity contribution in [2.75, 3.05) is 19.1 Å². The van der Waals surface area contributed by atoms with Crippen LogP contribution in [0.4, 0.5) is 4.79 Å². The topological polar surface area (TPSA) is 82.5 Å². The fraction of sp³-hybridized carbons (Fsp3) is 0.375. The van der Waals surface area contributed by atoms with Gasteiger partial charge in [0.1, 0.15) is 0 Å². The Hall–Kier alpha value is -2.05. The molecule has 7 nitrogen and oxygen atoms in total. The zero-order valence-corrected chi connectivity index (χ0v) is 8.54. The van der Waals surface area contributed by atoms with Gasteiger partial charge in [-0.25, -0.2) is 10.2 Å². The van der Waals surface area contributed by atoms with Gasteiger partial charge in [0.05, 0.1) is 19.9 Å². The molecule has 15 heavy (non-hydrogen) atoms. The number of nitrogens with zero attached hydrogens (tertiary/aromatic N) is 2. The molecule has 7 heteroatoms. The number of hydrogen-bond acceptors (Lipinski definition) is 5. The fourth-order valence-electron chi connectivity index (χ4n) is 0.542. The third-order valence-electron chi connectivity index (χ3n) is 1.13. The molecule has 1 heterocycles. The van der Waals surface area contributed by atoms with Gasteiger partial charge in [0.15, 0.2) is 0 Å². The maximum absolute atomic E-state index is 10.5. The summed E-state index contributed by atoms with van der Waals surface area (Å²) >= 11 is 0. The number of hydrogen-bond donors (Lipinski definition) is 1. The molecule has 0 radical (unpaired) electrons. The van der Waals surface area contributed by atoms with Gasteiger partial charge in [-0.3, -0.25) is 4.79 Å². The molecule has 0 aromatic carbocycles. The maximum Gasteiger partial charge on any atom is 0.427 e. The van der Waals surface area contributed by atoms with E-state index < -0.39 is 6.09 Å². The van der Waals surface area contributed by atoms with Crippen LogP contribution in [0.25, 0.3) is 0 Å². The number of carbonyl (C=O) groups excluding carboxylic acids is 2. The maximum atomic E-state index is 10.5. The summed E-state index contributed by atoms with van der Waals surface area (Å²) < 4.78 is 8.47. The molecule has 0 saturated carbocycles. The van der Waals surface area contributed by atoms with E-state index >= 15 is 0 Å². The van der Waals surface area contributed by atoms with Crippen molar-refractivity contribution < 1.29 is 19.1 Å². The summed E-state index contributed by atoms with van der Waals surface area (Å²) in [6.07, 6.45) is 2.61. The molecule has 0 aliphatic carbocycles. The lowest BCUT2D eigenvalue weighted by Crippen LogP contribution is -2.22. The summed E-state index contributed by atoms with van der Waals surface area (Å²) in [5, 5.41) is 3.71. The normalized spacial score (nSPS) is 8.13. The molecule has 0 unspecified atom stereocenters. The van der Waals surface area contributed by atoms with Crippen LogP contribution in [0.15, 0.2) is 18.5 Å². The monoisotopic (exact) mass is 215 g/mol. The zero-order valence-electron chi connectivity index (χ0n) is 8.54. The summed E-state index contributed by atoms with van der Waals surface area (Å²) in [6, 6.07) is 1.69. The summed E-state index contributed by atoms with van der Waals surface area (Å²) in [6.45, 7) is 2.66. The number of aromatic nitrogens is 2. The molecule has 1 aromatic rings. The van der Waals surface area contributed by atoms with E-state index in [0.717, 1.165) is 0 Å². The van der Waals surface area contributed by atoms with Gasteiger partial charge in [-0.2, -0.15) is 9.89 Å². The summed E-state index contributed by atoms with van der Waals surface area (Å²) in [7, 11) is 1.29. The van der Waals surface area contributed by atoms with Crippen LogP contribution >= 0.6 is 0 Å². The van der Waals surface area contributed by atoms with Crippen LogP contribution in [0.3, 0.4) is 0 Å². The summed E-state index contributed by atoms with van der Waals surface area (Å²) in [5.74, 6) is 0. The quantitative estimate of drug-likeness (QED) is 0.736. The van der Waals surface area contributed by atoms with Gasteiger partial charge in [0.25, 0.3) is 6.47 Å². The predicted octanol–water partition coefficient (Wildman–Crippen LogP) is 0.372. The van der Waals surface area contributed by atoms with E-state index in [0.29, 0.717) is 13.1 Å². The molecule has 1 amide bonds. The Bertz CT molecular complexity index is 273. The number of amides is 1. The second-order valence-electron chi connectivity index (χ2n) is 2.11. The van der Waals surface area contributed by atoms with Crippen molar-refractivity contribution >= 4 is 12.6 Å². The molecule has 0 aliphatic rings. The van der Waals surface area contributed by atoms with Crippen LogP contribution in [0.2, 0.25) is 0 Å². The number of ether oxygens (including phenoxy) is 2. The van der Waals surface area contributed by atoms with Crippen LogP contribution in [0, 0.1) is 0 Å². The van der Waals surface area contributed by atoms with Gasteiger partial charge in [-0.15, -0.1) is 0 Å². The largest absolute Gasteiger partial charge is 0.468 e. The number of carbonyl (C=O) groups is 2. The van der Waals surface area contributed by atoms with Crippen molar-refractivity contribution in [3.8, 4) is 0 Å². The van der Waals surface area contributed by atoms with Crippen molar-refractivity contribution in [2.24, 2.45) is 0 Å². The molecule has 0 atom stereocenters. The van der Waals surface area contributed by atoms with Crippen LogP contribution in [-0.4, -0.2) is 36.2 Å². The van der Waals surface area contributed by atoms with Gasteiger partial charge in [0, 0.05) is 6.20 Å². The minimum atomic E-state index is -0.538. The Labute approximate surface area is 86.9 Å². The third kappa shape index (κ3) is 7.05. The molecule has 0 spiro atoms. The first-order valence-electron chi connectivity index (χ1n) is 4.14. The van der Waals surface area contributed by atoms with E-state index in [4.69, 9.17) is 0 Å². The van der Waals surface area contributed by atoms with Crippen molar-refractivity contribution in [1.82, 2.24) is 9.89 Å². The average Bonchev–Trinajstić information content (AvgIpc) is 2.72. The van der Waals surface area contributed by atoms with Crippen LogP contribution in [0.1, 0.15) is 6.92 Å². The lowest BCUT2D eigenvalue weighted by molar-refractivity contribution is -0.128. The van der Waals surface area contributed by atoms with Gasteiger partial charge >= 0.3 is 6.09 Å². The Morgan fingerprint density at radius 1 is 1.67 bits per heavy atom. The zero-order chi connectivity index (χ0) is 11.5. The summed E-state index contributed by atoms with van der Waals surface area (Å²) in [5.41, 5.74) is 2.32. The summed E-state index contributed by atoms with van der Waals surface area (Å²) in [4.78, 5) is 20.9. The minimum absolute atomic E-state index is 0.431. The van der Waals surface area contributed by atoms with E-state index in [9.17, 15) is 9.59 Å². The fourth-order valence-corrected chi connectivity index (χ4v) is 0.542. The van der Waals surface area contributed by atoms with E-state index in [1.165, 1.54) is 11.9 Å². The number of methoxy groups -OCH3 is 1. The average molecular weight is 215 g/mol. The van der Waals surface area contributed by atoms with Gasteiger partial charge in [-0.1, -0.05) is 0 Å². The molecule has 0 saturated heterocycles. The highest BCUT2D eigenvalue weighted by molar-refractivity contribution is 5.75. The van der Waals surface area contributed by atoms with Crippen LogP contribution in [0.5, 0.6) is 0 Å². The van der Waals surface area contributed by atoms with Crippen LogP contribution < -0.4 is 5.43 Å². The first-order chi connectivity index (χ1) is 7.24. The van der Waals surface area contributed by atoms with Crippen molar-refractivity contribution in [3.05, 3.63) is 18.5 Å².